The topological polar surface area (TPSA) is 87.2 Å². The molecule has 0 aromatic heterocycles. The number of nitrogens with zero attached hydrogens (tertiary/aromatic N) is 2. The molecule has 144 valence electrons. The van der Waals surface area contributed by atoms with Crippen LogP contribution in [0.3, 0.4) is 0 Å². The minimum absolute atomic E-state index is 0.174. The highest BCUT2D eigenvalue weighted by molar-refractivity contribution is 7.92. The highest BCUT2D eigenvalue weighted by Crippen LogP contribution is 2.31. The summed E-state index contributed by atoms with van der Waals surface area (Å²) < 4.78 is 33.3. The fourth-order valence-corrected chi connectivity index (χ4v) is 4.98. The number of anilines is 1. The Bertz CT molecular complexity index is 876. The fraction of sp³-hybridized carbons (Fsp3) is 0.316. The lowest BCUT2D eigenvalue weighted by atomic mass is 10.0. The summed E-state index contributed by atoms with van der Waals surface area (Å²) in [4.78, 5) is 12.7. The zero-order valence-corrected chi connectivity index (χ0v) is 15.8. The predicted molar refractivity (Wildman–Crippen MR) is 102 cm³/mol. The zero-order valence-electron chi connectivity index (χ0n) is 15.0. The number of ether oxygens (including phenoxy) is 1. The van der Waals surface area contributed by atoms with Crippen molar-refractivity contribution in [2.75, 3.05) is 24.5 Å². The maximum Gasteiger partial charge on any atom is 0.407 e. The Hall–Kier alpha value is -2.74. The van der Waals surface area contributed by atoms with Crippen LogP contribution in [0.1, 0.15) is 12.8 Å². The lowest BCUT2D eigenvalue weighted by molar-refractivity contribution is 0.133. The zero-order chi connectivity index (χ0) is 19.4. The van der Waals surface area contributed by atoms with E-state index in [0.29, 0.717) is 37.4 Å². The van der Waals surface area contributed by atoms with Crippen molar-refractivity contribution in [2.24, 2.45) is 0 Å². The molecule has 27 heavy (non-hydrogen) atoms. The van der Waals surface area contributed by atoms with Gasteiger partial charge < -0.3 is 14.7 Å². The number of para-hydroxylation sites is 1. The molecule has 1 amide bonds. The molecule has 1 fully saturated rings. The number of likely N-dealkylation sites (tertiary alicyclic amines) is 1. The minimum Gasteiger partial charge on any atom is -0.497 e. The van der Waals surface area contributed by atoms with Crippen molar-refractivity contribution in [1.82, 2.24) is 4.90 Å². The Morgan fingerprint density at radius 2 is 1.67 bits per heavy atom. The monoisotopic (exact) mass is 390 g/mol. The second kappa shape index (κ2) is 7.87. The SMILES string of the molecule is COc1ccc(S(=O)(=O)N(c2ccccc2)C2CCN(C(=O)O)CC2)cc1. The average Bonchev–Trinajstić information content (AvgIpc) is 2.69. The van der Waals surface area contributed by atoms with Gasteiger partial charge in [0, 0.05) is 19.1 Å². The molecule has 2 aromatic carbocycles. The number of amides is 1. The molecule has 0 spiro atoms. The third-order valence-electron chi connectivity index (χ3n) is 4.69. The van der Waals surface area contributed by atoms with E-state index < -0.39 is 16.1 Å². The normalized spacial score (nSPS) is 15.4. The predicted octanol–water partition coefficient (Wildman–Crippen LogP) is 3.03. The van der Waals surface area contributed by atoms with E-state index in [2.05, 4.69) is 0 Å². The number of carbonyl (C=O) groups is 1. The van der Waals surface area contributed by atoms with Gasteiger partial charge in [-0.25, -0.2) is 13.2 Å². The number of benzene rings is 2. The molecule has 0 unspecified atom stereocenters. The van der Waals surface area contributed by atoms with Gasteiger partial charge in [0.15, 0.2) is 0 Å². The molecule has 8 heteroatoms. The smallest absolute Gasteiger partial charge is 0.407 e. The van der Waals surface area contributed by atoms with Crippen molar-refractivity contribution < 1.29 is 23.1 Å². The average molecular weight is 390 g/mol. The molecule has 1 aliphatic rings. The van der Waals surface area contributed by atoms with Crippen molar-refractivity contribution in [3.8, 4) is 5.75 Å². The minimum atomic E-state index is -3.80. The molecule has 7 nitrogen and oxygen atoms in total. The Kier molecular flexibility index (Phi) is 5.55. The van der Waals surface area contributed by atoms with Crippen molar-refractivity contribution in [1.29, 1.82) is 0 Å². The van der Waals surface area contributed by atoms with Crippen LogP contribution in [0, 0.1) is 0 Å². The maximum atomic E-state index is 13.4. The van der Waals surface area contributed by atoms with E-state index in [9.17, 15) is 13.2 Å². The summed E-state index contributed by atoms with van der Waals surface area (Å²) >= 11 is 0. The second-order valence-electron chi connectivity index (χ2n) is 6.31. The van der Waals surface area contributed by atoms with Gasteiger partial charge in [0.2, 0.25) is 0 Å². The van der Waals surface area contributed by atoms with Gasteiger partial charge in [-0.2, -0.15) is 0 Å². The summed E-state index contributed by atoms with van der Waals surface area (Å²) in [5.74, 6) is 0.579. The van der Waals surface area contributed by atoms with E-state index in [1.165, 1.54) is 28.4 Å². The van der Waals surface area contributed by atoms with E-state index in [0.717, 1.165) is 0 Å². The molecule has 0 atom stereocenters. The summed E-state index contributed by atoms with van der Waals surface area (Å²) in [5.41, 5.74) is 0.571. The first-order chi connectivity index (χ1) is 12.9. The summed E-state index contributed by atoms with van der Waals surface area (Å²) in [5, 5.41) is 9.15. The molecule has 1 aliphatic heterocycles. The molecule has 2 aromatic rings. The summed E-state index contributed by atoms with van der Waals surface area (Å²) in [6, 6.07) is 14.9. The maximum absolute atomic E-state index is 13.4. The van der Waals surface area contributed by atoms with Crippen molar-refractivity contribution >= 4 is 21.8 Å². The van der Waals surface area contributed by atoms with E-state index in [-0.39, 0.29) is 10.9 Å². The molecule has 1 N–H and O–H groups in total. The number of sulfonamides is 1. The molecule has 1 heterocycles. The third kappa shape index (κ3) is 4.00. The lowest BCUT2D eigenvalue weighted by Crippen LogP contribution is -2.48. The first-order valence-electron chi connectivity index (χ1n) is 8.65. The molecule has 1 saturated heterocycles. The first kappa shape index (κ1) is 19.0. The molecule has 0 radical (unpaired) electrons. The highest BCUT2D eigenvalue weighted by atomic mass is 32.2. The molecule has 0 saturated carbocycles. The van der Waals surface area contributed by atoms with E-state index in [1.807, 2.05) is 6.07 Å². The van der Waals surface area contributed by atoms with Crippen molar-refractivity contribution in [2.45, 2.75) is 23.8 Å². The van der Waals surface area contributed by atoms with Crippen LogP contribution >= 0.6 is 0 Å². The van der Waals surface area contributed by atoms with Gasteiger partial charge in [-0.05, 0) is 49.2 Å². The van der Waals surface area contributed by atoms with Crippen LogP contribution in [0.2, 0.25) is 0 Å². The lowest BCUT2D eigenvalue weighted by Gasteiger charge is -2.38. The highest BCUT2D eigenvalue weighted by Gasteiger charge is 2.35. The van der Waals surface area contributed by atoms with E-state index in [1.54, 1.807) is 36.4 Å². The first-order valence-corrected chi connectivity index (χ1v) is 10.1. The van der Waals surface area contributed by atoms with Crippen molar-refractivity contribution in [3.63, 3.8) is 0 Å². The van der Waals surface area contributed by atoms with E-state index >= 15 is 0 Å². The van der Waals surface area contributed by atoms with Crippen LogP contribution in [0.5, 0.6) is 5.75 Å². The van der Waals surface area contributed by atoms with Crippen LogP contribution in [-0.2, 0) is 10.0 Å². The quantitative estimate of drug-likeness (QED) is 0.848. The van der Waals surface area contributed by atoms with Gasteiger partial charge in [0.1, 0.15) is 5.75 Å². The van der Waals surface area contributed by atoms with Gasteiger partial charge in [-0.3, -0.25) is 4.31 Å². The summed E-state index contributed by atoms with van der Waals surface area (Å²) in [6.45, 7) is 0.614. The Morgan fingerprint density at radius 1 is 1.07 bits per heavy atom. The van der Waals surface area contributed by atoms with Crippen LogP contribution in [0.25, 0.3) is 0 Å². The third-order valence-corrected chi connectivity index (χ3v) is 6.59. The van der Waals surface area contributed by atoms with E-state index in [4.69, 9.17) is 9.84 Å². The number of carboxylic acid groups (broad SMARTS) is 1. The van der Waals surface area contributed by atoms with Crippen LogP contribution in [0.4, 0.5) is 10.5 Å². The van der Waals surface area contributed by atoms with Crippen molar-refractivity contribution in [3.05, 3.63) is 54.6 Å². The van der Waals surface area contributed by atoms with Crippen LogP contribution in [0.15, 0.2) is 59.5 Å². The largest absolute Gasteiger partial charge is 0.497 e. The number of rotatable bonds is 5. The van der Waals surface area contributed by atoms with Gasteiger partial charge in [0.25, 0.3) is 10.0 Å². The van der Waals surface area contributed by atoms with Crippen LogP contribution in [-0.4, -0.2) is 50.8 Å². The number of piperidine rings is 1. The molecule has 0 aliphatic carbocycles. The Balaban J connectivity index is 1.96. The molecular formula is C19H22N2O5S. The standard InChI is InChI=1S/C19H22N2O5S/c1-26-17-7-9-18(10-8-17)27(24,25)21(15-5-3-2-4-6-15)16-11-13-20(14-12-16)19(22)23/h2-10,16H,11-14H2,1H3,(H,22,23). The number of hydrogen-bond donors (Lipinski definition) is 1. The van der Waals surface area contributed by atoms with Gasteiger partial charge >= 0.3 is 6.09 Å². The number of hydrogen-bond acceptors (Lipinski definition) is 4. The number of methoxy groups -OCH3 is 1. The summed E-state index contributed by atoms with van der Waals surface area (Å²) in [7, 11) is -2.28. The second-order valence-corrected chi connectivity index (χ2v) is 8.13. The Labute approximate surface area is 158 Å². The summed E-state index contributed by atoms with van der Waals surface area (Å²) in [6.07, 6.45) is -0.0922. The Morgan fingerprint density at radius 3 is 2.19 bits per heavy atom. The molecular weight excluding hydrogens is 368 g/mol. The van der Waals surface area contributed by atoms with Gasteiger partial charge in [-0.15, -0.1) is 0 Å². The fourth-order valence-electron chi connectivity index (χ4n) is 3.27. The molecule has 0 bridgehead atoms. The van der Waals surface area contributed by atoms with Crippen LogP contribution < -0.4 is 9.04 Å². The molecule has 3 rings (SSSR count). The van der Waals surface area contributed by atoms with Gasteiger partial charge in [0.05, 0.1) is 17.7 Å². The van der Waals surface area contributed by atoms with Gasteiger partial charge in [-0.1, -0.05) is 18.2 Å².